The molecule has 0 bridgehead atoms. The largest absolute Gasteiger partial charge is 0.467 e. The van der Waals surface area contributed by atoms with E-state index < -0.39 is 0 Å². The van der Waals surface area contributed by atoms with Gasteiger partial charge in [-0.2, -0.15) is 0 Å². The molecule has 0 aromatic rings. The molecule has 1 unspecified atom stereocenters. The molecule has 0 N–H and O–H groups in total. The number of hydrogen-bond donors (Lipinski definition) is 0. The average molecular weight is 317 g/mol. The number of nitrogens with zero attached hydrogens (tertiary/aromatic N) is 1. The Bertz CT molecular complexity index is 220. The molecule has 68 valence electrons. The zero-order chi connectivity index (χ0) is 9.14. The summed E-state index contributed by atoms with van der Waals surface area (Å²) in [5.41, 5.74) is 0. The maximum atomic E-state index is 11.0. The van der Waals surface area contributed by atoms with Crippen molar-refractivity contribution in [2.45, 2.75) is 9.78 Å². The number of aliphatic imine (C=N–C) groups is 1. The fourth-order valence-corrected chi connectivity index (χ4v) is 2.67. The van der Waals surface area contributed by atoms with Crippen LogP contribution in [0.15, 0.2) is 4.99 Å². The standard InChI is InChI=1S/C6H7Br2NO2S/c1-11-6(10)3-2-12-5(9-3)4(7)8/h3-4H,2H2,1H3. The van der Waals surface area contributed by atoms with Crippen molar-refractivity contribution in [1.29, 1.82) is 0 Å². The lowest BCUT2D eigenvalue weighted by molar-refractivity contribution is -0.141. The molecule has 3 nitrogen and oxygen atoms in total. The maximum absolute atomic E-state index is 11.0. The van der Waals surface area contributed by atoms with Crippen LogP contribution in [0.25, 0.3) is 0 Å². The molecule has 12 heavy (non-hydrogen) atoms. The van der Waals surface area contributed by atoms with Gasteiger partial charge >= 0.3 is 5.97 Å². The Morgan fingerprint density at radius 3 is 2.92 bits per heavy atom. The van der Waals surface area contributed by atoms with E-state index in [2.05, 4.69) is 41.6 Å². The number of ether oxygens (including phenoxy) is 1. The van der Waals surface area contributed by atoms with E-state index in [0.29, 0.717) is 5.75 Å². The van der Waals surface area contributed by atoms with Crippen molar-refractivity contribution in [3.8, 4) is 0 Å². The van der Waals surface area contributed by atoms with E-state index in [-0.39, 0.29) is 15.7 Å². The topological polar surface area (TPSA) is 38.7 Å². The number of carbonyl (C=O) groups excluding carboxylic acids is 1. The minimum atomic E-state index is -0.326. The second-order valence-corrected chi connectivity index (χ2v) is 6.22. The van der Waals surface area contributed by atoms with E-state index >= 15 is 0 Å². The first-order chi connectivity index (χ1) is 5.65. The first-order valence-electron chi connectivity index (χ1n) is 3.21. The van der Waals surface area contributed by atoms with Gasteiger partial charge in [0.2, 0.25) is 0 Å². The third-order valence-corrected chi connectivity index (χ3v) is 3.92. The fourth-order valence-electron chi connectivity index (χ4n) is 0.769. The number of rotatable bonds is 2. The van der Waals surface area contributed by atoms with Crippen LogP contribution in [0.3, 0.4) is 0 Å². The lowest BCUT2D eigenvalue weighted by atomic mass is 10.4. The summed E-state index contributed by atoms with van der Waals surface area (Å²) in [6.07, 6.45) is 0. The number of esters is 1. The van der Waals surface area contributed by atoms with Crippen LogP contribution in [0.1, 0.15) is 0 Å². The molecule has 0 fully saturated rings. The molecular formula is C6H7Br2NO2S. The number of halogens is 2. The van der Waals surface area contributed by atoms with Gasteiger partial charge in [0.1, 0.15) is 3.74 Å². The van der Waals surface area contributed by atoms with Crippen LogP contribution in [-0.2, 0) is 9.53 Å². The molecule has 1 aliphatic heterocycles. The zero-order valence-electron chi connectivity index (χ0n) is 6.29. The molecule has 0 saturated carbocycles. The number of alkyl halides is 2. The Kier molecular flexibility index (Phi) is 4.05. The summed E-state index contributed by atoms with van der Waals surface area (Å²) in [6.45, 7) is 0. The van der Waals surface area contributed by atoms with Crippen LogP contribution < -0.4 is 0 Å². The minimum Gasteiger partial charge on any atom is -0.467 e. The number of methoxy groups -OCH3 is 1. The quantitative estimate of drug-likeness (QED) is 0.576. The van der Waals surface area contributed by atoms with Gasteiger partial charge in [-0.3, -0.25) is 4.99 Å². The average Bonchev–Trinajstić information content (AvgIpc) is 2.51. The summed E-state index contributed by atoms with van der Waals surface area (Å²) in [7, 11) is 1.38. The molecular weight excluding hydrogens is 310 g/mol. The van der Waals surface area contributed by atoms with E-state index in [9.17, 15) is 4.79 Å². The van der Waals surface area contributed by atoms with Crippen LogP contribution in [0.4, 0.5) is 0 Å². The Balaban J connectivity index is 2.58. The van der Waals surface area contributed by atoms with Crippen molar-refractivity contribution >= 4 is 54.6 Å². The van der Waals surface area contributed by atoms with Crippen molar-refractivity contribution in [2.75, 3.05) is 12.9 Å². The van der Waals surface area contributed by atoms with Gasteiger partial charge in [0.05, 0.1) is 12.2 Å². The van der Waals surface area contributed by atoms with Crippen molar-refractivity contribution < 1.29 is 9.53 Å². The monoisotopic (exact) mass is 315 g/mol. The first kappa shape index (κ1) is 10.5. The highest BCUT2D eigenvalue weighted by molar-refractivity contribution is 9.25. The van der Waals surface area contributed by atoms with Crippen LogP contribution in [0.5, 0.6) is 0 Å². The van der Waals surface area contributed by atoms with Crippen LogP contribution in [-0.4, -0.2) is 33.7 Å². The Hall–Kier alpha value is 0.450. The minimum absolute atomic E-state index is 0.0460. The summed E-state index contributed by atoms with van der Waals surface area (Å²) >= 11 is 8.18. The van der Waals surface area contributed by atoms with E-state index in [1.54, 1.807) is 11.8 Å². The van der Waals surface area contributed by atoms with Crippen molar-refractivity contribution in [3.63, 3.8) is 0 Å². The molecule has 0 radical (unpaired) electrons. The second kappa shape index (κ2) is 4.62. The van der Waals surface area contributed by atoms with Crippen molar-refractivity contribution in [2.24, 2.45) is 4.99 Å². The maximum Gasteiger partial charge on any atom is 0.331 e. The molecule has 1 atom stereocenters. The lowest BCUT2D eigenvalue weighted by Crippen LogP contribution is -2.19. The molecule has 0 aromatic carbocycles. The van der Waals surface area contributed by atoms with Gasteiger partial charge in [-0.15, -0.1) is 11.8 Å². The predicted octanol–water partition coefficient (Wildman–Crippen LogP) is 1.79. The second-order valence-electron chi connectivity index (χ2n) is 2.12. The summed E-state index contributed by atoms with van der Waals surface area (Å²) < 4.78 is 4.62. The molecule has 1 heterocycles. The van der Waals surface area contributed by atoms with Gasteiger partial charge in [-0.05, 0) is 0 Å². The van der Waals surface area contributed by atoms with Crippen LogP contribution in [0, 0.1) is 0 Å². The molecule has 6 heteroatoms. The summed E-state index contributed by atoms with van der Waals surface area (Å²) in [4.78, 5) is 15.2. The van der Waals surface area contributed by atoms with Gasteiger partial charge in [0.25, 0.3) is 0 Å². The van der Waals surface area contributed by atoms with Gasteiger partial charge in [0, 0.05) is 5.75 Å². The van der Waals surface area contributed by atoms with E-state index in [0.717, 1.165) is 5.04 Å². The molecule has 0 spiro atoms. The Morgan fingerprint density at radius 1 is 1.83 bits per heavy atom. The van der Waals surface area contributed by atoms with Gasteiger partial charge < -0.3 is 4.74 Å². The van der Waals surface area contributed by atoms with Gasteiger partial charge in [-0.25, -0.2) is 4.79 Å². The van der Waals surface area contributed by atoms with E-state index in [4.69, 9.17) is 0 Å². The smallest absolute Gasteiger partial charge is 0.331 e. The van der Waals surface area contributed by atoms with E-state index in [1.807, 2.05) is 0 Å². The normalized spacial score (nSPS) is 22.7. The third-order valence-electron chi connectivity index (χ3n) is 1.33. The van der Waals surface area contributed by atoms with E-state index in [1.165, 1.54) is 7.11 Å². The number of carbonyl (C=O) groups is 1. The Morgan fingerprint density at radius 2 is 2.50 bits per heavy atom. The molecule has 1 aliphatic rings. The zero-order valence-corrected chi connectivity index (χ0v) is 10.3. The first-order valence-corrected chi connectivity index (χ1v) is 6.03. The number of thioether (sulfide) groups is 1. The molecule has 0 saturated heterocycles. The predicted molar refractivity (Wildman–Crippen MR) is 57.3 cm³/mol. The van der Waals surface area contributed by atoms with Crippen molar-refractivity contribution in [1.82, 2.24) is 0 Å². The summed E-state index contributed by atoms with van der Waals surface area (Å²) in [6, 6.07) is -0.326. The van der Waals surface area contributed by atoms with Crippen molar-refractivity contribution in [3.05, 3.63) is 0 Å². The molecule has 0 aliphatic carbocycles. The van der Waals surface area contributed by atoms with Crippen LogP contribution in [0.2, 0.25) is 0 Å². The Labute approximate surface area is 91.6 Å². The highest BCUT2D eigenvalue weighted by Gasteiger charge is 2.27. The molecule has 1 rings (SSSR count). The number of hydrogen-bond acceptors (Lipinski definition) is 4. The third kappa shape index (κ3) is 2.47. The highest BCUT2D eigenvalue weighted by atomic mass is 79.9. The molecule has 0 aromatic heterocycles. The summed E-state index contributed by atoms with van der Waals surface area (Å²) in [5.74, 6) is 0.411. The van der Waals surface area contributed by atoms with Gasteiger partial charge in [-0.1, -0.05) is 31.9 Å². The fraction of sp³-hybridized carbons (Fsp3) is 0.667. The van der Waals surface area contributed by atoms with Gasteiger partial charge in [0.15, 0.2) is 6.04 Å². The molecule has 0 amide bonds. The highest BCUT2D eigenvalue weighted by Crippen LogP contribution is 2.27. The van der Waals surface area contributed by atoms with Crippen LogP contribution >= 0.6 is 43.6 Å². The lowest BCUT2D eigenvalue weighted by Gasteiger charge is -2.00. The SMILES string of the molecule is COC(=O)C1CSC(C(Br)Br)=N1. The summed E-state index contributed by atoms with van der Waals surface area (Å²) in [5, 5.41) is 0.894.